The minimum absolute atomic E-state index is 0. The van der Waals surface area contributed by atoms with Gasteiger partial charge in [0, 0.05) is 0 Å². The van der Waals surface area contributed by atoms with Gasteiger partial charge in [-0.05, 0) is 12.1 Å². The van der Waals surface area contributed by atoms with Crippen LogP contribution in [0.15, 0.2) is 12.1 Å². The zero-order valence-corrected chi connectivity index (χ0v) is 11.6. The molecule has 0 radical (unpaired) electrons. The maximum atomic E-state index is 10.8. The van der Waals surface area contributed by atoms with Gasteiger partial charge in [0.1, 0.15) is 0 Å². The molecule has 19 heavy (non-hydrogen) atoms. The van der Waals surface area contributed by atoms with Crippen LogP contribution in [0.5, 0.6) is 0 Å². The Kier molecular flexibility index (Phi) is 5.69. The summed E-state index contributed by atoms with van der Waals surface area (Å²) in [6, 6.07) is 1.02. The van der Waals surface area contributed by atoms with E-state index < -0.39 is 46.1 Å². The summed E-state index contributed by atoms with van der Waals surface area (Å²) in [6.07, 6.45) is 0. The molecule has 0 atom stereocenters. The third kappa shape index (κ3) is 3.53. The van der Waals surface area contributed by atoms with Crippen molar-refractivity contribution in [2.45, 2.75) is 0 Å². The quantitative estimate of drug-likeness (QED) is 0.445. The molecule has 0 amide bonds. The molecule has 0 bridgehead atoms. The Morgan fingerprint density at radius 3 is 0.895 bits per heavy atom. The second-order valence-electron chi connectivity index (χ2n) is 3.16. The van der Waals surface area contributed by atoms with E-state index in [0.29, 0.717) is 12.1 Å². The van der Waals surface area contributed by atoms with Crippen molar-refractivity contribution in [2.24, 2.45) is 0 Å². The first-order chi connectivity index (χ1) is 8.25. The van der Waals surface area contributed by atoms with Gasteiger partial charge in [0.25, 0.3) is 0 Å². The molecule has 1 aromatic carbocycles. The number of hydrogen-bond donors (Lipinski definition) is 4. The molecule has 0 saturated heterocycles. The monoisotopic (exact) mass is 278 g/mol. The van der Waals surface area contributed by atoms with Gasteiger partial charge in [0.15, 0.2) is 0 Å². The van der Waals surface area contributed by atoms with Gasteiger partial charge in [-0.3, -0.25) is 0 Å². The molecular weight excluding hydrogens is 271 g/mol. The van der Waals surface area contributed by atoms with Crippen LogP contribution in [-0.4, -0.2) is 44.3 Å². The topological polar surface area (TPSA) is 149 Å². The number of carboxylic acid groups (broad SMARTS) is 4. The molecule has 0 aromatic heterocycles. The zero-order chi connectivity index (χ0) is 14.0. The first kappa shape index (κ1) is 17.1. The Hall–Kier alpha value is -1.90. The summed E-state index contributed by atoms with van der Waals surface area (Å²) >= 11 is 0. The molecule has 0 aliphatic carbocycles. The van der Waals surface area contributed by atoms with Gasteiger partial charge in [-0.15, -0.1) is 0 Å². The molecule has 0 saturated carbocycles. The predicted octanol–water partition coefficient (Wildman–Crippen LogP) is -2.40. The van der Waals surface area contributed by atoms with Gasteiger partial charge in [-0.2, -0.15) is 0 Å². The minimum Gasteiger partial charge on any atom is -1.00 e. The fourth-order valence-corrected chi connectivity index (χ4v) is 1.31. The summed E-state index contributed by atoms with van der Waals surface area (Å²) in [5, 5.41) is 35.0. The number of carboxylic acids is 4. The van der Waals surface area contributed by atoms with Crippen LogP contribution >= 0.6 is 0 Å². The van der Waals surface area contributed by atoms with Crippen LogP contribution in [0.3, 0.4) is 0 Å². The Morgan fingerprint density at radius 2 is 0.789 bits per heavy atom. The average Bonchev–Trinajstić information content (AvgIpc) is 2.26. The van der Waals surface area contributed by atoms with E-state index in [2.05, 4.69) is 0 Å². The van der Waals surface area contributed by atoms with Crippen molar-refractivity contribution in [3.63, 3.8) is 0 Å². The molecule has 0 aliphatic heterocycles. The Balaban J connectivity index is 0. The summed E-state index contributed by atoms with van der Waals surface area (Å²) in [5.41, 5.74) is -3.15. The van der Waals surface area contributed by atoms with Crippen molar-refractivity contribution in [3.8, 4) is 0 Å². The van der Waals surface area contributed by atoms with Crippen LogP contribution in [0.2, 0.25) is 0 Å². The van der Waals surface area contributed by atoms with E-state index in [4.69, 9.17) is 20.4 Å². The second kappa shape index (κ2) is 6.32. The van der Waals surface area contributed by atoms with Crippen LogP contribution in [0.4, 0.5) is 0 Å². The first-order valence-corrected chi connectivity index (χ1v) is 4.37. The summed E-state index contributed by atoms with van der Waals surface area (Å²) in [7, 11) is 0. The van der Waals surface area contributed by atoms with E-state index in [9.17, 15) is 19.2 Å². The third-order valence-corrected chi connectivity index (χ3v) is 2.08. The van der Waals surface area contributed by atoms with Crippen molar-refractivity contribution >= 4 is 23.9 Å². The fourth-order valence-electron chi connectivity index (χ4n) is 1.31. The Labute approximate surface area is 129 Å². The number of benzene rings is 1. The van der Waals surface area contributed by atoms with E-state index in [0.717, 1.165) is 0 Å². The van der Waals surface area contributed by atoms with Crippen LogP contribution < -0.4 is 29.6 Å². The predicted molar refractivity (Wildman–Crippen MR) is 55.4 cm³/mol. The molecule has 0 aliphatic rings. The van der Waals surface area contributed by atoms with Crippen molar-refractivity contribution in [1.82, 2.24) is 0 Å². The number of carbonyl (C=O) groups is 4. The summed E-state index contributed by atoms with van der Waals surface area (Å²) in [5.74, 6) is -6.64. The number of rotatable bonds is 4. The van der Waals surface area contributed by atoms with Gasteiger partial charge >= 0.3 is 53.4 Å². The normalized spacial score (nSPS) is 9.26. The van der Waals surface area contributed by atoms with E-state index in [1.54, 1.807) is 0 Å². The van der Waals surface area contributed by atoms with Gasteiger partial charge in [-0.25, -0.2) is 19.2 Å². The summed E-state index contributed by atoms with van der Waals surface area (Å²) < 4.78 is 0. The molecule has 96 valence electrons. The third-order valence-electron chi connectivity index (χ3n) is 2.08. The maximum absolute atomic E-state index is 10.8. The zero-order valence-electron chi connectivity index (χ0n) is 10.6. The first-order valence-electron chi connectivity index (χ1n) is 4.37. The van der Waals surface area contributed by atoms with E-state index in [1.807, 2.05) is 0 Å². The molecule has 0 heterocycles. The van der Waals surface area contributed by atoms with Gasteiger partial charge in [0.05, 0.1) is 22.3 Å². The second-order valence-corrected chi connectivity index (χ2v) is 3.16. The molecule has 8 nitrogen and oxygen atoms in total. The standard InChI is InChI=1S/C10H6O8.Na.H/c11-7(12)3-1-4(8(13)14)6(10(17)18)2-5(3)9(15)16;;/h1-2H,(H,11,12)(H,13,14)(H,15,16)(H,17,18);;/q;+1;-1. The minimum atomic E-state index is -1.66. The van der Waals surface area contributed by atoms with Crippen molar-refractivity contribution in [1.29, 1.82) is 0 Å². The molecule has 1 aromatic rings. The SMILES string of the molecule is O=C(O)c1cc(C(=O)O)c(C(=O)O)cc1C(=O)O.[H-].[Na+]. The van der Waals surface area contributed by atoms with Gasteiger partial charge in [-0.1, -0.05) is 0 Å². The van der Waals surface area contributed by atoms with E-state index >= 15 is 0 Å². The molecule has 0 spiro atoms. The smallest absolute Gasteiger partial charge is 1.00 e. The van der Waals surface area contributed by atoms with Crippen LogP contribution in [0.25, 0.3) is 0 Å². The summed E-state index contributed by atoms with van der Waals surface area (Å²) in [6.45, 7) is 0. The molecule has 0 unspecified atom stereocenters. The van der Waals surface area contributed by atoms with E-state index in [1.165, 1.54) is 0 Å². The van der Waals surface area contributed by atoms with Crippen molar-refractivity contribution in [3.05, 3.63) is 34.4 Å². The van der Waals surface area contributed by atoms with Gasteiger partial charge in [0.2, 0.25) is 0 Å². The van der Waals surface area contributed by atoms with Crippen LogP contribution in [-0.2, 0) is 0 Å². The van der Waals surface area contributed by atoms with Gasteiger partial charge < -0.3 is 21.9 Å². The van der Waals surface area contributed by atoms with Crippen LogP contribution in [0, 0.1) is 0 Å². The molecular formula is C10H7NaO8. The summed E-state index contributed by atoms with van der Waals surface area (Å²) in [4.78, 5) is 43.1. The number of hydrogen-bond acceptors (Lipinski definition) is 4. The molecule has 9 heteroatoms. The largest absolute Gasteiger partial charge is 1.00 e. The van der Waals surface area contributed by atoms with Crippen molar-refractivity contribution in [2.75, 3.05) is 0 Å². The Bertz CT molecular complexity index is 485. The average molecular weight is 278 g/mol. The Morgan fingerprint density at radius 1 is 0.632 bits per heavy atom. The molecule has 0 fully saturated rings. The molecule has 1 rings (SSSR count). The van der Waals surface area contributed by atoms with Crippen LogP contribution in [0.1, 0.15) is 42.9 Å². The number of aromatic carboxylic acids is 4. The molecule has 4 N–H and O–H groups in total. The van der Waals surface area contributed by atoms with Crippen molar-refractivity contribution < 1.29 is 70.6 Å². The maximum Gasteiger partial charge on any atom is 1.00 e. The fraction of sp³-hybridized carbons (Fsp3) is 0. The van der Waals surface area contributed by atoms with E-state index in [-0.39, 0.29) is 31.0 Å².